The highest BCUT2D eigenvalue weighted by Gasteiger charge is 2.10. The molecular formula is C11H18N4O2. The summed E-state index contributed by atoms with van der Waals surface area (Å²) in [7, 11) is 0. The summed E-state index contributed by atoms with van der Waals surface area (Å²) in [5.74, 6) is -0.182. The Kier molecular flexibility index (Phi) is 4.71. The predicted molar refractivity (Wildman–Crippen MR) is 66.6 cm³/mol. The van der Waals surface area contributed by atoms with Crippen molar-refractivity contribution in [1.82, 2.24) is 4.98 Å². The number of carbonyl (C=O) groups excluding carboxylic acids is 1. The number of primary amides is 1. The third-order valence-corrected chi connectivity index (χ3v) is 2.42. The van der Waals surface area contributed by atoms with Crippen molar-refractivity contribution in [3.63, 3.8) is 0 Å². The van der Waals surface area contributed by atoms with Crippen LogP contribution in [0.15, 0.2) is 12.3 Å². The Balaban J connectivity index is 2.67. The second-order valence-corrected chi connectivity index (χ2v) is 3.81. The first-order chi connectivity index (χ1) is 8.04. The quantitative estimate of drug-likeness (QED) is 0.570. The maximum Gasteiger partial charge on any atom is 0.252 e. The molecule has 1 aromatic heterocycles. The van der Waals surface area contributed by atoms with Gasteiger partial charge in [0.2, 0.25) is 0 Å². The molecule has 0 saturated carbocycles. The standard InChI is InChI=1S/C11H18N4O2/c1-2-8(16)3-4-14-11-9(10(13)17)5-7(12)6-15-11/h5-6,8,16H,2-4,12H2,1H3,(H2,13,17)(H,14,15). The van der Waals surface area contributed by atoms with E-state index in [-0.39, 0.29) is 11.7 Å². The number of amides is 1. The molecule has 0 saturated heterocycles. The first-order valence-electron chi connectivity index (χ1n) is 5.51. The first-order valence-corrected chi connectivity index (χ1v) is 5.51. The summed E-state index contributed by atoms with van der Waals surface area (Å²) in [5, 5.41) is 12.3. The molecule has 1 unspecified atom stereocenters. The van der Waals surface area contributed by atoms with Gasteiger partial charge in [-0.2, -0.15) is 0 Å². The number of hydrogen-bond donors (Lipinski definition) is 4. The van der Waals surface area contributed by atoms with Crippen molar-refractivity contribution < 1.29 is 9.90 Å². The Hall–Kier alpha value is -1.82. The summed E-state index contributed by atoms with van der Waals surface area (Å²) in [6.45, 7) is 2.42. The number of pyridine rings is 1. The number of aliphatic hydroxyl groups is 1. The molecular weight excluding hydrogens is 220 g/mol. The van der Waals surface area contributed by atoms with E-state index in [0.29, 0.717) is 30.9 Å². The van der Waals surface area contributed by atoms with Gasteiger partial charge in [-0.3, -0.25) is 4.79 Å². The fraction of sp³-hybridized carbons (Fsp3) is 0.455. The Morgan fingerprint density at radius 3 is 2.94 bits per heavy atom. The number of hydrogen-bond acceptors (Lipinski definition) is 5. The monoisotopic (exact) mass is 238 g/mol. The lowest BCUT2D eigenvalue weighted by Crippen LogP contribution is -2.18. The van der Waals surface area contributed by atoms with Gasteiger partial charge >= 0.3 is 0 Å². The summed E-state index contributed by atoms with van der Waals surface area (Å²) in [5.41, 5.74) is 11.4. The molecule has 6 N–H and O–H groups in total. The largest absolute Gasteiger partial charge is 0.397 e. The van der Waals surface area contributed by atoms with Gasteiger partial charge < -0.3 is 21.9 Å². The molecule has 94 valence electrons. The van der Waals surface area contributed by atoms with Gasteiger partial charge in [0.05, 0.1) is 23.6 Å². The topological polar surface area (TPSA) is 114 Å². The number of rotatable bonds is 6. The van der Waals surface area contributed by atoms with E-state index < -0.39 is 5.91 Å². The van der Waals surface area contributed by atoms with E-state index in [1.165, 1.54) is 12.3 Å². The summed E-state index contributed by atoms with van der Waals surface area (Å²) < 4.78 is 0. The van der Waals surface area contributed by atoms with Crippen LogP contribution in [0.1, 0.15) is 30.1 Å². The van der Waals surface area contributed by atoms with Crippen LogP contribution in [-0.4, -0.2) is 28.6 Å². The van der Waals surface area contributed by atoms with Crippen molar-refractivity contribution >= 4 is 17.4 Å². The van der Waals surface area contributed by atoms with Crippen molar-refractivity contribution in [2.24, 2.45) is 5.73 Å². The molecule has 1 amide bonds. The molecule has 0 aliphatic rings. The Bertz CT molecular complexity index is 395. The number of carbonyl (C=O) groups is 1. The highest BCUT2D eigenvalue weighted by atomic mass is 16.3. The van der Waals surface area contributed by atoms with Crippen LogP contribution < -0.4 is 16.8 Å². The van der Waals surface area contributed by atoms with Gasteiger partial charge in [0.25, 0.3) is 5.91 Å². The van der Waals surface area contributed by atoms with Crippen molar-refractivity contribution in [1.29, 1.82) is 0 Å². The zero-order valence-electron chi connectivity index (χ0n) is 9.81. The van der Waals surface area contributed by atoms with Crippen LogP contribution >= 0.6 is 0 Å². The fourth-order valence-corrected chi connectivity index (χ4v) is 1.37. The smallest absolute Gasteiger partial charge is 0.252 e. The van der Waals surface area contributed by atoms with Crippen molar-refractivity contribution in [3.8, 4) is 0 Å². The molecule has 1 heterocycles. The molecule has 1 aromatic rings. The minimum Gasteiger partial charge on any atom is -0.397 e. The second-order valence-electron chi connectivity index (χ2n) is 3.81. The van der Waals surface area contributed by atoms with Crippen LogP contribution in [0.25, 0.3) is 0 Å². The molecule has 0 fully saturated rings. The van der Waals surface area contributed by atoms with E-state index in [9.17, 15) is 9.90 Å². The summed E-state index contributed by atoms with van der Waals surface area (Å²) >= 11 is 0. The van der Waals surface area contributed by atoms with Crippen LogP contribution in [0, 0.1) is 0 Å². The fourth-order valence-electron chi connectivity index (χ4n) is 1.37. The van der Waals surface area contributed by atoms with Crippen LogP contribution in [0.3, 0.4) is 0 Å². The van der Waals surface area contributed by atoms with Crippen LogP contribution in [0.5, 0.6) is 0 Å². The van der Waals surface area contributed by atoms with Crippen LogP contribution in [0.4, 0.5) is 11.5 Å². The van der Waals surface area contributed by atoms with E-state index in [1.54, 1.807) is 0 Å². The SMILES string of the molecule is CCC(O)CCNc1ncc(N)cc1C(N)=O. The molecule has 0 aliphatic carbocycles. The van der Waals surface area contributed by atoms with E-state index in [2.05, 4.69) is 10.3 Å². The van der Waals surface area contributed by atoms with E-state index in [4.69, 9.17) is 11.5 Å². The minimum atomic E-state index is -0.580. The van der Waals surface area contributed by atoms with E-state index in [1.807, 2.05) is 6.92 Å². The third-order valence-electron chi connectivity index (χ3n) is 2.42. The third kappa shape index (κ3) is 3.92. The zero-order valence-corrected chi connectivity index (χ0v) is 9.81. The average Bonchev–Trinajstić information content (AvgIpc) is 2.30. The van der Waals surface area contributed by atoms with E-state index >= 15 is 0 Å². The van der Waals surface area contributed by atoms with Gasteiger partial charge in [0.1, 0.15) is 5.82 Å². The number of aliphatic hydroxyl groups excluding tert-OH is 1. The summed E-state index contributed by atoms with van der Waals surface area (Å²) in [4.78, 5) is 15.2. The zero-order chi connectivity index (χ0) is 12.8. The molecule has 17 heavy (non-hydrogen) atoms. The predicted octanol–water partition coefficient (Wildman–Crippen LogP) is 0.336. The molecule has 1 atom stereocenters. The van der Waals surface area contributed by atoms with Gasteiger partial charge in [0.15, 0.2) is 0 Å². The molecule has 6 nitrogen and oxygen atoms in total. The van der Waals surface area contributed by atoms with Crippen LogP contribution in [-0.2, 0) is 0 Å². The number of anilines is 2. The Morgan fingerprint density at radius 2 is 2.35 bits per heavy atom. The lowest BCUT2D eigenvalue weighted by atomic mass is 10.2. The molecule has 0 spiro atoms. The number of aromatic nitrogens is 1. The lowest BCUT2D eigenvalue weighted by molar-refractivity contribution is 0.100. The molecule has 6 heteroatoms. The highest BCUT2D eigenvalue weighted by Crippen LogP contribution is 2.15. The maximum absolute atomic E-state index is 11.2. The Morgan fingerprint density at radius 1 is 1.65 bits per heavy atom. The molecule has 1 rings (SSSR count). The maximum atomic E-state index is 11.2. The van der Waals surface area contributed by atoms with Gasteiger partial charge in [-0.25, -0.2) is 4.98 Å². The average molecular weight is 238 g/mol. The molecule has 0 bridgehead atoms. The lowest BCUT2D eigenvalue weighted by Gasteiger charge is -2.11. The van der Waals surface area contributed by atoms with E-state index in [0.717, 1.165) is 0 Å². The van der Waals surface area contributed by atoms with Gasteiger partial charge in [-0.05, 0) is 18.9 Å². The highest BCUT2D eigenvalue weighted by molar-refractivity contribution is 5.98. The first kappa shape index (κ1) is 13.2. The summed E-state index contributed by atoms with van der Waals surface area (Å²) in [6, 6.07) is 1.48. The minimum absolute atomic E-state index is 0.260. The number of nitrogen functional groups attached to an aromatic ring is 1. The van der Waals surface area contributed by atoms with Crippen LogP contribution in [0.2, 0.25) is 0 Å². The van der Waals surface area contributed by atoms with Crippen molar-refractivity contribution in [3.05, 3.63) is 17.8 Å². The number of nitrogens with one attached hydrogen (secondary N) is 1. The van der Waals surface area contributed by atoms with Crippen molar-refractivity contribution in [2.45, 2.75) is 25.9 Å². The van der Waals surface area contributed by atoms with Gasteiger partial charge in [-0.15, -0.1) is 0 Å². The Labute approximate surface area is 100 Å². The van der Waals surface area contributed by atoms with Gasteiger partial charge in [-0.1, -0.05) is 6.92 Å². The molecule has 0 radical (unpaired) electrons. The molecule has 0 aliphatic heterocycles. The normalized spacial score (nSPS) is 12.1. The summed E-state index contributed by atoms with van der Waals surface area (Å²) in [6.07, 6.45) is 2.37. The van der Waals surface area contributed by atoms with Gasteiger partial charge in [0, 0.05) is 6.54 Å². The second kappa shape index (κ2) is 6.05. The number of nitrogens with two attached hydrogens (primary N) is 2. The number of nitrogens with zero attached hydrogens (tertiary/aromatic N) is 1. The molecule has 0 aromatic carbocycles. The van der Waals surface area contributed by atoms with Crippen molar-refractivity contribution in [2.75, 3.05) is 17.6 Å².